The van der Waals surface area contributed by atoms with E-state index in [1.165, 1.54) is 13.8 Å². The molecule has 10 atom stereocenters. The molecule has 0 aliphatic carbocycles. The molecule has 3 aromatic rings. The van der Waals surface area contributed by atoms with Crippen LogP contribution < -0.4 is 5.32 Å². The molecular weight excluding hydrogens is 797 g/mol. The summed E-state index contributed by atoms with van der Waals surface area (Å²) in [6.45, 7) is 6.73. The van der Waals surface area contributed by atoms with Crippen LogP contribution in [-0.4, -0.2) is 107 Å². The fourth-order valence-electron chi connectivity index (χ4n) is 7.33. The molecule has 10 unspecified atom stereocenters. The van der Waals surface area contributed by atoms with E-state index in [1.807, 2.05) is 86.8 Å². The molecule has 2 fully saturated rings. The third-order valence-electron chi connectivity index (χ3n) is 10.3. The second kappa shape index (κ2) is 21.6. The Morgan fingerprint density at radius 3 is 2.05 bits per heavy atom. The number of carbonyl (C=O) groups is 4. The van der Waals surface area contributed by atoms with E-state index in [2.05, 4.69) is 10.2 Å². The van der Waals surface area contributed by atoms with Gasteiger partial charge in [-0.1, -0.05) is 78.9 Å². The molecular formula is C44H54N2O13S. The maximum Gasteiger partial charge on any atom is 0.303 e. The maximum atomic E-state index is 12.3. The summed E-state index contributed by atoms with van der Waals surface area (Å²) >= 11 is 5.79. The number of esters is 4. The third-order valence-corrected chi connectivity index (χ3v) is 10.6. The largest absolute Gasteiger partial charge is 0.463 e. The molecule has 2 aliphatic rings. The number of thiocarbonyl (C=S) groups is 1. The van der Waals surface area contributed by atoms with Crippen LogP contribution in [0, 0.1) is 0 Å². The number of aliphatic hydroxyl groups excluding tert-OH is 2. The Balaban J connectivity index is 1.36. The lowest BCUT2D eigenvalue weighted by Gasteiger charge is -2.44. The topological polar surface area (TPSA) is 189 Å². The monoisotopic (exact) mass is 850 g/mol. The van der Waals surface area contributed by atoms with Crippen molar-refractivity contribution < 1.29 is 62.5 Å². The van der Waals surface area contributed by atoms with Crippen LogP contribution in [0.1, 0.15) is 88.2 Å². The summed E-state index contributed by atoms with van der Waals surface area (Å²) in [6, 6.07) is 24.2. The number of nitrogens with zero attached hydrogens (tertiary/aromatic N) is 1. The molecule has 0 saturated carbocycles. The molecule has 3 N–H and O–H groups in total. The van der Waals surface area contributed by atoms with Crippen LogP contribution in [0.25, 0.3) is 0 Å². The van der Waals surface area contributed by atoms with Crippen molar-refractivity contribution in [3.63, 3.8) is 0 Å². The SMILES string of the molecule is CC(=O)OCC1OC(CC(=S)Nc2cccc(C3OC(CN(C)C(C)C(O)c4ccccc4)CC(c4ccc(CO)cc4)O3)c2)C(OC(C)=O)C(OC(C)=O)C1OC(C)=O. The highest BCUT2D eigenvalue weighted by Gasteiger charge is 2.52. The van der Waals surface area contributed by atoms with Crippen molar-refractivity contribution in [2.75, 3.05) is 25.5 Å². The van der Waals surface area contributed by atoms with Crippen molar-refractivity contribution in [1.29, 1.82) is 0 Å². The van der Waals surface area contributed by atoms with Crippen molar-refractivity contribution in [2.45, 2.75) is 115 Å². The Morgan fingerprint density at radius 2 is 1.43 bits per heavy atom. The van der Waals surface area contributed by atoms with Gasteiger partial charge in [-0.2, -0.15) is 0 Å². The molecule has 0 radical (unpaired) electrons. The van der Waals surface area contributed by atoms with Crippen molar-refractivity contribution in [3.05, 3.63) is 101 Å². The number of carbonyl (C=O) groups excluding carboxylic acids is 4. The van der Waals surface area contributed by atoms with Crippen LogP contribution in [-0.2, 0) is 58.9 Å². The van der Waals surface area contributed by atoms with Crippen LogP contribution in [0.2, 0.25) is 0 Å². The number of benzene rings is 3. The first kappa shape index (κ1) is 46.3. The number of hydrogen-bond donors (Lipinski definition) is 3. The predicted octanol–water partition coefficient (Wildman–Crippen LogP) is 5.03. The highest BCUT2D eigenvalue weighted by Crippen LogP contribution is 2.39. The number of ether oxygens (including phenoxy) is 7. The number of aliphatic hydroxyl groups is 2. The molecule has 0 amide bonds. The predicted molar refractivity (Wildman–Crippen MR) is 221 cm³/mol. The normalized spacial score (nSPS) is 25.0. The molecule has 0 bridgehead atoms. The molecule has 60 heavy (non-hydrogen) atoms. The van der Waals surface area contributed by atoms with Crippen LogP contribution in [0.4, 0.5) is 5.69 Å². The van der Waals surface area contributed by atoms with Gasteiger partial charge < -0.3 is 48.7 Å². The molecule has 324 valence electrons. The van der Waals surface area contributed by atoms with Crippen molar-refractivity contribution in [2.24, 2.45) is 0 Å². The highest BCUT2D eigenvalue weighted by molar-refractivity contribution is 7.80. The average Bonchev–Trinajstić information content (AvgIpc) is 3.21. The molecule has 5 rings (SSSR count). The Labute approximate surface area is 355 Å². The van der Waals surface area contributed by atoms with Crippen molar-refractivity contribution >= 4 is 46.8 Å². The summed E-state index contributed by atoms with van der Waals surface area (Å²) in [5.74, 6) is -2.79. The summed E-state index contributed by atoms with van der Waals surface area (Å²) in [6.07, 6.45) is -7.68. The van der Waals surface area contributed by atoms with E-state index in [9.17, 15) is 29.4 Å². The van der Waals surface area contributed by atoms with E-state index in [0.29, 0.717) is 24.2 Å². The zero-order chi connectivity index (χ0) is 43.5. The molecule has 0 spiro atoms. The van der Waals surface area contributed by atoms with E-state index >= 15 is 0 Å². The molecule has 16 heteroatoms. The Morgan fingerprint density at radius 1 is 0.800 bits per heavy atom. The van der Waals surface area contributed by atoms with E-state index in [0.717, 1.165) is 30.5 Å². The zero-order valence-electron chi connectivity index (χ0n) is 34.6. The molecule has 2 saturated heterocycles. The van der Waals surface area contributed by atoms with Crippen LogP contribution in [0.5, 0.6) is 0 Å². The summed E-state index contributed by atoms with van der Waals surface area (Å²) in [5, 5.41) is 24.0. The van der Waals surface area contributed by atoms with Gasteiger partial charge in [-0.15, -0.1) is 0 Å². The molecule has 0 aromatic heterocycles. The Kier molecular flexibility index (Phi) is 16.7. The van der Waals surface area contributed by atoms with Gasteiger partial charge >= 0.3 is 23.9 Å². The fourth-order valence-corrected chi connectivity index (χ4v) is 7.61. The van der Waals surface area contributed by atoms with Gasteiger partial charge in [-0.25, -0.2) is 0 Å². The number of nitrogens with one attached hydrogen (secondary N) is 1. The molecule has 2 aliphatic heterocycles. The second-order valence-electron chi connectivity index (χ2n) is 15.0. The summed E-state index contributed by atoms with van der Waals surface area (Å²) in [5.41, 5.74) is 3.79. The first-order valence-electron chi connectivity index (χ1n) is 19.8. The maximum absolute atomic E-state index is 12.3. The van der Waals surface area contributed by atoms with E-state index in [4.69, 9.17) is 45.4 Å². The lowest BCUT2D eigenvalue weighted by molar-refractivity contribution is -0.253. The van der Waals surface area contributed by atoms with E-state index < -0.39 is 66.8 Å². The summed E-state index contributed by atoms with van der Waals surface area (Å²) < 4.78 is 41.3. The number of rotatable bonds is 16. The van der Waals surface area contributed by atoms with Gasteiger partial charge in [0.25, 0.3) is 0 Å². The molecule has 15 nitrogen and oxygen atoms in total. The zero-order valence-corrected chi connectivity index (χ0v) is 35.4. The minimum Gasteiger partial charge on any atom is -0.463 e. The van der Waals surface area contributed by atoms with Crippen molar-refractivity contribution in [1.82, 2.24) is 4.90 Å². The lowest BCUT2D eigenvalue weighted by Crippen LogP contribution is -2.62. The standard InChI is InChI=1S/C44H54N2O13S/c1-25(40(52)32-11-8-7-9-12-32)46(6)22-35-20-36(31-17-15-30(23-47)16-18-31)59-44(57-35)33-13-10-14-34(19-33)45-39(60)21-37-41(54-27(3)49)43(56-29(5)51)42(55-28(4)50)38(58-37)24-53-26(2)48/h7-19,25,35-38,40-44,47,52H,20-24H2,1-6H3,(H,45,60). The van der Waals surface area contributed by atoms with Crippen LogP contribution >= 0.6 is 12.2 Å². The highest BCUT2D eigenvalue weighted by atomic mass is 32.1. The first-order valence-corrected chi connectivity index (χ1v) is 20.2. The van der Waals surface area contributed by atoms with Crippen LogP contribution in [0.15, 0.2) is 78.9 Å². The number of hydrogen-bond acceptors (Lipinski definition) is 15. The van der Waals surface area contributed by atoms with Crippen LogP contribution in [0.3, 0.4) is 0 Å². The van der Waals surface area contributed by atoms with Gasteiger partial charge in [0.05, 0.1) is 29.9 Å². The quantitative estimate of drug-likeness (QED) is 0.0988. The van der Waals surface area contributed by atoms with E-state index in [-0.39, 0.29) is 42.9 Å². The smallest absolute Gasteiger partial charge is 0.303 e. The number of likely N-dealkylation sites (N-methyl/N-ethyl adjacent to an activating group) is 1. The molecule has 2 heterocycles. The Hall–Kier alpha value is -4.81. The van der Waals surface area contributed by atoms with Gasteiger partial charge in [0.15, 0.2) is 24.6 Å². The van der Waals surface area contributed by atoms with Gasteiger partial charge in [0, 0.05) is 64.4 Å². The van der Waals surface area contributed by atoms with Gasteiger partial charge in [-0.05, 0) is 42.8 Å². The van der Waals surface area contributed by atoms with Gasteiger partial charge in [-0.3, -0.25) is 24.1 Å². The minimum atomic E-state index is -1.31. The molecule has 3 aromatic carbocycles. The minimum absolute atomic E-state index is 0.0532. The average molecular weight is 851 g/mol. The second-order valence-corrected chi connectivity index (χ2v) is 15.5. The summed E-state index contributed by atoms with van der Waals surface area (Å²) in [7, 11) is 1.95. The van der Waals surface area contributed by atoms with Gasteiger partial charge in [0.2, 0.25) is 0 Å². The van der Waals surface area contributed by atoms with Crippen molar-refractivity contribution in [3.8, 4) is 0 Å². The van der Waals surface area contributed by atoms with E-state index in [1.54, 1.807) is 6.07 Å². The first-order chi connectivity index (χ1) is 28.6. The Bertz CT molecular complexity index is 1930. The number of anilines is 1. The lowest BCUT2D eigenvalue weighted by atomic mass is 9.92. The summed E-state index contributed by atoms with van der Waals surface area (Å²) in [4.78, 5) is 50.8. The third kappa shape index (κ3) is 12.8. The fraction of sp³-hybridized carbons (Fsp3) is 0.477. The van der Waals surface area contributed by atoms with Gasteiger partial charge in [0.1, 0.15) is 18.8 Å².